The summed E-state index contributed by atoms with van der Waals surface area (Å²) in [6.45, 7) is 0.618. The van der Waals surface area contributed by atoms with Crippen LogP contribution >= 0.6 is 0 Å². The van der Waals surface area contributed by atoms with Gasteiger partial charge in [0.05, 0.1) is 5.75 Å². The number of nitrogens with zero attached hydrogens (tertiary/aromatic N) is 2. The Morgan fingerprint density at radius 3 is 2.74 bits per heavy atom. The highest BCUT2D eigenvalue weighted by Gasteiger charge is 2.06. The van der Waals surface area contributed by atoms with Crippen LogP contribution < -0.4 is 10.6 Å². The normalized spacial score (nSPS) is 12.4. The van der Waals surface area contributed by atoms with Gasteiger partial charge in [-0.15, -0.1) is 0 Å². The van der Waals surface area contributed by atoms with Crippen LogP contribution in [0.5, 0.6) is 0 Å². The molecule has 0 saturated heterocycles. The van der Waals surface area contributed by atoms with Crippen molar-refractivity contribution in [3.8, 4) is 0 Å². The standard InChI is InChI=1S/C12H19N3O3S/c1-15(7-4-8-19(2,17)18)11-6-3-5-10(9-11)12(13)14-16/h3,5-6,9,16H,4,7-8H2,1-2H3,(H2,13,14). The molecule has 0 aliphatic rings. The predicted octanol–water partition coefficient (Wildman–Crippen LogP) is 0.652. The lowest BCUT2D eigenvalue weighted by Gasteiger charge is -2.19. The minimum atomic E-state index is -2.93. The van der Waals surface area contributed by atoms with Crippen LogP contribution in [-0.4, -0.2) is 45.1 Å². The van der Waals surface area contributed by atoms with E-state index < -0.39 is 9.84 Å². The minimum absolute atomic E-state index is 0.0476. The average Bonchev–Trinajstić information content (AvgIpc) is 2.36. The Kier molecular flexibility index (Phi) is 5.17. The first-order chi connectivity index (χ1) is 8.83. The summed E-state index contributed by atoms with van der Waals surface area (Å²) in [5.41, 5.74) is 7.03. The van der Waals surface area contributed by atoms with Crippen LogP contribution in [0.2, 0.25) is 0 Å². The van der Waals surface area contributed by atoms with Crippen LogP contribution in [0.25, 0.3) is 0 Å². The van der Waals surface area contributed by atoms with E-state index >= 15 is 0 Å². The Balaban J connectivity index is 2.69. The summed E-state index contributed by atoms with van der Waals surface area (Å²) < 4.78 is 22.1. The van der Waals surface area contributed by atoms with E-state index in [1.807, 2.05) is 18.0 Å². The monoisotopic (exact) mass is 285 g/mol. The maximum Gasteiger partial charge on any atom is 0.170 e. The maximum absolute atomic E-state index is 11.1. The van der Waals surface area contributed by atoms with Crippen molar-refractivity contribution in [3.63, 3.8) is 0 Å². The van der Waals surface area contributed by atoms with Gasteiger partial charge >= 0.3 is 0 Å². The molecule has 1 aromatic carbocycles. The minimum Gasteiger partial charge on any atom is -0.409 e. The largest absolute Gasteiger partial charge is 0.409 e. The predicted molar refractivity (Wildman–Crippen MR) is 76.6 cm³/mol. The van der Waals surface area contributed by atoms with Gasteiger partial charge in [-0.25, -0.2) is 8.42 Å². The Morgan fingerprint density at radius 2 is 2.16 bits per heavy atom. The number of benzene rings is 1. The Hall–Kier alpha value is -1.76. The van der Waals surface area contributed by atoms with E-state index in [0.717, 1.165) is 5.69 Å². The molecule has 0 heterocycles. The highest BCUT2D eigenvalue weighted by Crippen LogP contribution is 2.15. The molecular weight excluding hydrogens is 266 g/mol. The van der Waals surface area contributed by atoms with E-state index in [2.05, 4.69) is 5.16 Å². The summed E-state index contributed by atoms with van der Waals surface area (Å²) in [5, 5.41) is 11.6. The molecular formula is C12H19N3O3S. The van der Waals surface area contributed by atoms with Crippen molar-refractivity contribution >= 4 is 21.4 Å². The van der Waals surface area contributed by atoms with Crippen molar-refractivity contribution in [3.05, 3.63) is 29.8 Å². The van der Waals surface area contributed by atoms with Gasteiger partial charge in [0, 0.05) is 31.1 Å². The number of amidine groups is 1. The molecule has 1 aromatic rings. The summed E-state index contributed by atoms with van der Waals surface area (Å²) in [5.74, 6) is 0.212. The smallest absolute Gasteiger partial charge is 0.170 e. The van der Waals surface area contributed by atoms with Crippen LogP contribution in [0.1, 0.15) is 12.0 Å². The van der Waals surface area contributed by atoms with Crippen molar-refractivity contribution < 1.29 is 13.6 Å². The molecule has 0 saturated carbocycles. The first-order valence-corrected chi connectivity index (χ1v) is 7.86. The fourth-order valence-corrected chi connectivity index (χ4v) is 2.31. The second kappa shape index (κ2) is 6.42. The lowest BCUT2D eigenvalue weighted by molar-refractivity contribution is 0.318. The first kappa shape index (κ1) is 15.3. The maximum atomic E-state index is 11.1. The average molecular weight is 285 g/mol. The molecule has 1 rings (SSSR count). The van der Waals surface area contributed by atoms with E-state index in [1.54, 1.807) is 18.2 Å². The summed E-state index contributed by atoms with van der Waals surface area (Å²) in [7, 11) is -1.06. The first-order valence-electron chi connectivity index (χ1n) is 5.80. The lowest BCUT2D eigenvalue weighted by atomic mass is 10.1. The molecule has 0 radical (unpaired) electrons. The Labute approximate surface area is 113 Å². The number of sulfone groups is 1. The fraction of sp³-hybridized carbons (Fsp3) is 0.417. The molecule has 0 spiro atoms. The lowest BCUT2D eigenvalue weighted by Crippen LogP contribution is -2.21. The number of oxime groups is 1. The second-order valence-electron chi connectivity index (χ2n) is 4.44. The molecule has 0 unspecified atom stereocenters. The molecule has 7 heteroatoms. The van der Waals surface area contributed by atoms with E-state index in [-0.39, 0.29) is 11.6 Å². The third-order valence-corrected chi connectivity index (χ3v) is 3.73. The van der Waals surface area contributed by atoms with Crippen molar-refractivity contribution in [2.75, 3.05) is 30.5 Å². The number of rotatable bonds is 6. The van der Waals surface area contributed by atoms with E-state index in [1.165, 1.54) is 6.26 Å². The van der Waals surface area contributed by atoms with Gasteiger partial charge in [0.25, 0.3) is 0 Å². The molecule has 3 N–H and O–H groups in total. The summed E-state index contributed by atoms with van der Waals surface area (Å²) in [6, 6.07) is 7.21. The quantitative estimate of drug-likeness (QED) is 0.346. The zero-order valence-corrected chi connectivity index (χ0v) is 11.9. The molecule has 0 bridgehead atoms. The number of hydrogen-bond donors (Lipinski definition) is 2. The van der Waals surface area contributed by atoms with Crippen LogP contribution in [0.4, 0.5) is 5.69 Å². The Bertz CT molecular complexity index is 555. The van der Waals surface area contributed by atoms with Gasteiger partial charge in [0.15, 0.2) is 5.84 Å². The number of anilines is 1. The van der Waals surface area contributed by atoms with Gasteiger partial charge in [-0.1, -0.05) is 17.3 Å². The SMILES string of the molecule is CN(CCCS(C)(=O)=O)c1cccc(/C(N)=N/O)c1. The zero-order chi connectivity index (χ0) is 14.5. The molecule has 0 amide bonds. The molecule has 0 aliphatic carbocycles. The molecule has 106 valence electrons. The van der Waals surface area contributed by atoms with Crippen molar-refractivity contribution in [1.29, 1.82) is 0 Å². The summed E-state index contributed by atoms with van der Waals surface area (Å²) in [6.07, 6.45) is 1.79. The molecule has 0 fully saturated rings. The van der Waals surface area contributed by atoms with Gasteiger partial charge in [-0.2, -0.15) is 0 Å². The molecule has 0 aromatic heterocycles. The second-order valence-corrected chi connectivity index (χ2v) is 6.70. The van der Waals surface area contributed by atoms with Gasteiger partial charge < -0.3 is 15.8 Å². The molecule has 0 aliphatic heterocycles. The van der Waals surface area contributed by atoms with E-state index in [9.17, 15) is 8.42 Å². The molecule has 19 heavy (non-hydrogen) atoms. The highest BCUT2D eigenvalue weighted by atomic mass is 32.2. The van der Waals surface area contributed by atoms with Gasteiger partial charge in [-0.3, -0.25) is 0 Å². The zero-order valence-electron chi connectivity index (χ0n) is 11.1. The topological polar surface area (TPSA) is 96.0 Å². The number of hydrogen-bond acceptors (Lipinski definition) is 5. The summed E-state index contributed by atoms with van der Waals surface area (Å²) >= 11 is 0. The van der Waals surface area contributed by atoms with Crippen LogP contribution in [0, 0.1) is 0 Å². The van der Waals surface area contributed by atoms with Crippen LogP contribution in [0.3, 0.4) is 0 Å². The van der Waals surface area contributed by atoms with Crippen LogP contribution in [-0.2, 0) is 9.84 Å². The third-order valence-electron chi connectivity index (χ3n) is 2.70. The van der Waals surface area contributed by atoms with E-state index in [4.69, 9.17) is 10.9 Å². The van der Waals surface area contributed by atoms with E-state index in [0.29, 0.717) is 18.5 Å². The van der Waals surface area contributed by atoms with Gasteiger partial charge in [0.2, 0.25) is 0 Å². The number of nitrogens with two attached hydrogens (primary N) is 1. The van der Waals surface area contributed by atoms with Gasteiger partial charge in [0.1, 0.15) is 9.84 Å². The third kappa shape index (κ3) is 5.17. The van der Waals surface area contributed by atoms with Crippen molar-refractivity contribution in [1.82, 2.24) is 0 Å². The van der Waals surface area contributed by atoms with Crippen molar-refractivity contribution in [2.45, 2.75) is 6.42 Å². The van der Waals surface area contributed by atoms with Gasteiger partial charge in [-0.05, 0) is 18.6 Å². The Morgan fingerprint density at radius 1 is 1.47 bits per heavy atom. The summed E-state index contributed by atoms with van der Waals surface area (Å²) in [4.78, 5) is 1.93. The molecule has 6 nitrogen and oxygen atoms in total. The fourth-order valence-electron chi connectivity index (χ4n) is 1.65. The highest BCUT2D eigenvalue weighted by molar-refractivity contribution is 7.90. The van der Waals surface area contributed by atoms with Crippen LogP contribution in [0.15, 0.2) is 29.4 Å². The molecule has 0 atom stereocenters. The van der Waals surface area contributed by atoms with Crippen molar-refractivity contribution in [2.24, 2.45) is 10.9 Å².